The van der Waals surface area contributed by atoms with E-state index in [1.807, 2.05) is 20.8 Å². The molecule has 3 rings (SSSR count). The Morgan fingerprint density at radius 1 is 1.15 bits per heavy atom. The van der Waals surface area contributed by atoms with Gasteiger partial charge >= 0.3 is 6.09 Å². The minimum atomic E-state index is -1.25. The summed E-state index contributed by atoms with van der Waals surface area (Å²) in [5.74, 6) is -0.482. The number of carbonyl (C=O) groups is 2. The molecule has 8 heteroatoms. The molecule has 0 radical (unpaired) electrons. The fraction of sp³-hybridized carbons (Fsp3) is 0.222. The van der Waals surface area contributed by atoms with Crippen LogP contribution in [-0.2, 0) is 5.41 Å². The maximum absolute atomic E-state index is 12.8. The van der Waals surface area contributed by atoms with E-state index in [1.165, 1.54) is 0 Å². The summed E-state index contributed by atoms with van der Waals surface area (Å²) in [6.45, 7) is 5.99. The molecule has 2 heterocycles. The first-order valence-corrected chi connectivity index (χ1v) is 8.66. The van der Waals surface area contributed by atoms with E-state index in [4.69, 9.17) is 0 Å². The van der Waals surface area contributed by atoms with Crippen LogP contribution < -0.4 is 5.32 Å². The number of hydrogen-bond donors (Lipinski definition) is 2. The molecule has 0 aliphatic carbocycles. The van der Waals surface area contributed by atoms with Gasteiger partial charge in [0.15, 0.2) is 5.69 Å². The first-order valence-electron chi connectivity index (χ1n) is 7.86. The van der Waals surface area contributed by atoms with Crippen LogP contribution in [0.15, 0.2) is 41.1 Å². The smallest absolute Gasteiger partial charge is 0.432 e. The summed E-state index contributed by atoms with van der Waals surface area (Å²) in [5.41, 5.74) is 1.46. The Hall–Kier alpha value is -2.74. The molecule has 0 saturated heterocycles. The van der Waals surface area contributed by atoms with Gasteiger partial charge in [-0.3, -0.25) is 9.78 Å². The summed E-state index contributed by atoms with van der Waals surface area (Å²) >= 11 is 3.53. The number of rotatable bonds is 2. The standard InChI is InChI=1S/C18H17BrN4O3/c1-18(2,3)14-11(19)4-5-12-13(14)15(22-23(12)17(25)26)16(24)21-10-6-8-20-9-7-10/h4-9H,1-3H3,(H,25,26)(H,20,21,24). The van der Waals surface area contributed by atoms with Crippen LogP contribution in [0.1, 0.15) is 36.8 Å². The van der Waals surface area contributed by atoms with Crippen molar-refractivity contribution in [3.05, 3.63) is 52.4 Å². The quantitative estimate of drug-likeness (QED) is 0.649. The molecular formula is C18H17BrN4O3. The van der Waals surface area contributed by atoms with Gasteiger partial charge in [-0.1, -0.05) is 36.7 Å². The third kappa shape index (κ3) is 3.20. The van der Waals surface area contributed by atoms with Gasteiger partial charge in [0.1, 0.15) is 0 Å². The van der Waals surface area contributed by atoms with Gasteiger partial charge in [-0.15, -0.1) is 0 Å². The Morgan fingerprint density at radius 3 is 2.38 bits per heavy atom. The van der Waals surface area contributed by atoms with Crippen molar-refractivity contribution >= 4 is 44.5 Å². The predicted octanol–water partition coefficient (Wildman–Crippen LogP) is 4.27. The number of carbonyl (C=O) groups excluding carboxylic acids is 1. The van der Waals surface area contributed by atoms with Gasteiger partial charge < -0.3 is 10.4 Å². The highest BCUT2D eigenvalue weighted by Crippen LogP contribution is 2.38. The van der Waals surface area contributed by atoms with Crippen molar-refractivity contribution in [1.82, 2.24) is 14.8 Å². The summed E-state index contributed by atoms with van der Waals surface area (Å²) in [5, 5.41) is 16.8. The molecule has 0 aliphatic rings. The molecule has 1 amide bonds. The molecule has 0 fully saturated rings. The number of nitrogens with zero attached hydrogens (tertiary/aromatic N) is 3. The average molecular weight is 417 g/mol. The largest absolute Gasteiger partial charge is 0.463 e. The van der Waals surface area contributed by atoms with Crippen molar-refractivity contribution in [3.8, 4) is 0 Å². The zero-order valence-electron chi connectivity index (χ0n) is 14.4. The monoisotopic (exact) mass is 416 g/mol. The van der Waals surface area contributed by atoms with E-state index in [0.29, 0.717) is 16.6 Å². The molecule has 0 aliphatic heterocycles. The van der Waals surface area contributed by atoms with Gasteiger partial charge in [0.05, 0.1) is 5.52 Å². The lowest BCUT2D eigenvalue weighted by Crippen LogP contribution is -2.17. The molecule has 0 spiro atoms. The van der Waals surface area contributed by atoms with E-state index in [1.54, 1.807) is 36.7 Å². The summed E-state index contributed by atoms with van der Waals surface area (Å²) in [7, 11) is 0. The molecule has 1 aromatic carbocycles. The van der Waals surface area contributed by atoms with E-state index in [0.717, 1.165) is 14.7 Å². The number of fused-ring (bicyclic) bond motifs is 1. The first-order chi connectivity index (χ1) is 12.2. The lowest BCUT2D eigenvalue weighted by molar-refractivity contribution is 0.102. The third-order valence-corrected chi connectivity index (χ3v) is 4.54. The van der Waals surface area contributed by atoms with Gasteiger partial charge in [0, 0.05) is 27.9 Å². The maximum atomic E-state index is 12.8. The zero-order chi connectivity index (χ0) is 19.1. The average Bonchev–Trinajstić information content (AvgIpc) is 2.94. The summed E-state index contributed by atoms with van der Waals surface area (Å²) in [6.07, 6.45) is 1.86. The van der Waals surface area contributed by atoms with Gasteiger partial charge in [0.25, 0.3) is 5.91 Å². The zero-order valence-corrected chi connectivity index (χ0v) is 16.0. The van der Waals surface area contributed by atoms with Crippen LogP contribution in [0.2, 0.25) is 0 Å². The first kappa shape index (κ1) is 18.1. The molecule has 7 nitrogen and oxygen atoms in total. The third-order valence-electron chi connectivity index (χ3n) is 3.88. The van der Waals surface area contributed by atoms with E-state index in [9.17, 15) is 14.7 Å². The van der Waals surface area contributed by atoms with Crippen molar-refractivity contribution in [2.45, 2.75) is 26.2 Å². The summed E-state index contributed by atoms with van der Waals surface area (Å²) < 4.78 is 1.62. The van der Waals surface area contributed by atoms with Gasteiger partial charge in [-0.2, -0.15) is 9.78 Å². The molecular weight excluding hydrogens is 400 g/mol. The van der Waals surface area contributed by atoms with Crippen molar-refractivity contribution in [1.29, 1.82) is 0 Å². The second-order valence-electron chi connectivity index (χ2n) is 6.80. The fourth-order valence-corrected chi connectivity index (χ4v) is 3.78. The molecule has 2 N–H and O–H groups in total. The highest BCUT2D eigenvalue weighted by atomic mass is 79.9. The molecule has 134 valence electrons. The van der Waals surface area contributed by atoms with Crippen molar-refractivity contribution < 1.29 is 14.7 Å². The van der Waals surface area contributed by atoms with Gasteiger partial charge in [-0.25, -0.2) is 4.79 Å². The van der Waals surface area contributed by atoms with Crippen LogP contribution >= 0.6 is 15.9 Å². The topological polar surface area (TPSA) is 97.1 Å². The number of anilines is 1. The Bertz CT molecular complexity index is 1010. The van der Waals surface area contributed by atoms with Crippen molar-refractivity contribution in [3.63, 3.8) is 0 Å². The number of halogens is 1. The van der Waals surface area contributed by atoms with Gasteiger partial charge in [-0.05, 0) is 35.2 Å². The number of nitrogens with one attached hydrogen (secondary N) is 1. The van der Waals surface area contributed by atoms with Crippen LogP contribution in [0.4, 0.5) is 10.5 Å². The molecule has 3 aromatic rings. The van der Waals surface area contributed by atoms with Crippen LogP contribution in [0, 0.1) is 0 Å². The highest BCUT2D eigenvalue weighted by molar-refractivity contribution is 9.10. The number of pyridine rings is 1. The van der Waals surface area contributed by atoms with Crippen LogP contribution in [0.3, 0.4) is 0 Å². The minimum Gasteiger partial charge on any atom is -0.463 e. The maximum Gasteiger partial charge on any atom is 0.432 e. The van der Waals surface area contributed by atoms with E-state index >= 15 is 0 Å². The van der Waals surface area contributed by atoms with Crippen molar-refractivity contribution in [2.24, 2.45) is 0 Å². The van der Waals surface area contributed by atoms with Gasteiger partial charge in [0.2, 0.25) is 0 Å². The molecule has 0 unspecified atom stereocenters. The predicted molar refractivity (Wildman–Crippen MR) is 102 cm³/mol. The number of benzene rings is 1. The Kier molecular flexibility index (Phi) is 4.53. The molecule has 0 saturated carbocycles. The molecule has 26 heavy (non-hydrogen) atoms. The lowest BCUT2D eigenvalue weighted by atomic mass is 9.84. The van der Waals surface area contributed by atoms with E-state index in [2.05, 4.69) is 31.3 Å². The highest BCUT2D eigenvalue weighted by Gasteiger charge is 2.29. The Morgan fingerprint density at radius 2 is 1.81 bits per heavy atom. The summed E-state index contributed by atoms with van der Waals surface area (Å²) in [4.78, 5) is 28.3. The lowest BCUT2D eigenvalue weighted by Gasteiger charge is -2.22. The fourth-order valence-electron chi connectivity index (χ4n) is 2.85. The van der Waals surface area contributed by atoms with Crippen LogP contribution in [0.25, 0.3) is 10.9 Å². The minimum absolute atomic E-state index is 0.0606. The number of amides is 1. The Labute approximate surface area is 158 Å². The van der Waals surface area contributed by atoms with E-state index < -0.39 is 12.0 Å². The molecule has 2 aromatic heterocycles. The molecule has 0 bridgehead atoms. The second kappa shape index (κ2) is 6.53. The second-order valence-corrected chi connectivity index (χ2v) is 7.65. The normalized spacial score (nSPS) is 11.5. The SMILES string of the molecule is CC(C)(C)c1c(Br)ccc2c1c(C(=O)Nc1ccncc1)nn2C(=O)O. The van der Waals surface area contributed by atoms with Crippen LogP contribution in [-0.4, -0.2) is 31.9 Å². The van der Waals surface area contributed by atoms with Crippen molar-refractivity contribution in [2.75, 3.05) is 5.32 Å². The van der Waals surface area contributed by atoms with Crippen LogP contribution in [0.5, 0.6) is 0 Å². The molecule has 0 atom stereocenters. The summed E-state index contributed by atoms with van der Waals surface area (Å²) in [6, 6.07) is 6.71. The number of aromatic nitrogens is 3. The van der Waals surface area contributed by atoms with E-state index in [-0.39, 0.29) is 11.1 Å². The number of carboxylic acid groups (broad SMARTS) is 1. The Balaban J connectivity index is 2.26. The number of hydrogen-bond acceptors (Lipinski definition) is 4.